The number of carbonyl (C=O) groups is 1. The van der Waals surface area contributed by atoms with Crippen molar-refractivity contribution in [2.75, 3.05) is 6.61 Å². The van der Waals surface area contributed by atoms with Gasteiger partial charge in [-0.1, -0.05) is 47.7 Å². The predicted octanol–water partition coefficient (Wildman–Crippen LogP) is 6.07. The number of nitrogens with zero attached hydrogens (tertiary/aromatic N) is 2. The highest BCUT2D eigenvalue weighted by Crippen LogP contribution is 2.32. The summed E-state index contributed by atoms with van der Waals surface area (Å²) in [5.74, 6) is 0.392. The van der Waals surface area contributed by atoms with Gasteiger partial charge in [0.2, 0.25) is 0 Å². The third kappa shape index (κ3) is 6.65. The van der Waals surface area contributed by atoms with Gasteiger partial charge in [0.25, 0.3) is 5.56 Å². The van der Waals surface area contributed by atoms with Crippen LogP contribution >= 0.6 is 27.3 Å². The first-order valence-electron chi connectivity index (χ1n) is 13.8. The Morgan fingerprint density at radius 1 is 1.12 bits per heavy atom. The average Bonchev–Trinajstić information content (AvgIpc) is 3.26. The molecule has 7 nitrogen and oxygen atoms in total. The second-order valence-electron chi connectivity index (χ2n) is 10.1. The number of carbonyl (C=O) groups excluding carboxylic acids is 1. The minimum Gasteiger partial charge on any atom is -0.494 e. The maximum absolute atomic E-state index is 14.0. The van der Waals surface area contributed by atoms with E-state index in [1.54, 1.807) is 55.7 Å². The second kappa shape index (κ2) is 13.1. The van der Waals surface area contributed by atoms with Crippen molar-refractivity contribution in [3.8, 4) is 11.5 Å². The zero-order chi connectivity index (χ0) is 30.7. The number of fused-ring (bicyclic) bond motifs is 1. The van der Waals surface area contributed by atoms with E-state index >= 15 is 0 Å². The SMILES string of the molecule is CCOc1ccc([C@H]2C(C(=O)OC(C)C)=C(C)N=c3s/c(=C/c4ccc(OCc5ccccc5F)c(Br)c4)c(=O)n32)cc1. The summed E-state index contributed by atoms with van der Waals surface area (Å²) < 4.78 is 33.7. The van der Waals surface area contributed by atoms with Crippen LogP contribution < -0.4 is 24.4 Å². The standard InChI is InChI=1S/C33H30BrFN2O5S/c1-5-40-24-13-11-22(12-14-24)30-29(32(39)42-19(2)3)20(4)36-33-37(30)31(38)28(43-33)17-21-10-15-27(25(34)16-21)41-18-23-8-6-7-9-26(23)35/h6-17,19,30H,5,18H2,1-4H3/b28-17+/t30-/m0/s1. The van der Waals surface area contributed by atoms with Gasteiger partial charge in [-0.15, -0.1) is 0 Å². The van der Waals surface area contributed by atoms with E-state index in [2.05, 4.69) is 20.9 Å². The normalized spacial score (nSPS) is 14.9. The van der Waals surface area contributed by atoms with Crippen molar-refractivity contribution in [1.82, 2.24) is 4.57 Å². The summed E-state index contributed by atoms with van der Waals surface area (Å²) >= 11 is 4.78. The van der Waals surface area contributed by atoms with Gasteiger partial charge >= 0.3 is 5.97 Å². The fourth-order valence-corrected chi connectivity index (χ4v) is 6.29. The Balaban J connectivity index is 1.53. The van der Waals surface area contributed by atoms with Crippen LogP contribution in [0, 0.1) is 5.82 Å². The van der Waals surface area contributed by atoms with E-state index in [0.29, 0.717) is 48.7 Å². The highest BCUT2D eigenvalue weighted by molar-refractivity contribution is 9.10. The lowest BCUT2D eigenvalue weighted by atomic mass is 9.96. The van der Waals surface area contributed by atoms with Gasteiger partial charge in [-0.3, -0.25) is 9.36 Å². The number of halogens is 2. The molecule has 0 radical (unpaired) electrons. The highest BCUT2D eigenvalue weighted by atomic mass is 79.9. The van der Waals surface area contributed by atoms with Gasteiger partial charge in [0.05, 0.1) is 39.0 Å². The Morgan fingerprint density at radius 2 is 1.86 bits per heavy atom. The zero-order valence-electron chi connectivity index (χ0n) is 24.1. The molecule has 0 amide bonds. The van der Waals surface area contributed by atoms with Crippen LogP contribution in [-0.4, -0.2) is 23.2 Å². The first-order chi connectivity index (χ1) is 20.7. The number of esters is 1. The quantitative estimate of drug-likeness (QED) is 0.203. The van der Waals surface area contributed by atoms with E-state index in [1.807, 2.05) is 43.3 Å². The van der Waals surface area contributed by atoms with Crippen LogP contribution in [0.5, 0.6) is 11.5 Å². The van der Waals surface area contributed by atoms with Gasteiger partial charge in [0, 0.05) is 5.56 Å². The Labute approximate surface area is 260 Å². The lowest BCUT2D eigenvalue weighted by Crippen LogP contribution is -2.40. The third-order valence-electron chi connectivity index (χ3n) is 6.69. The number of hydrogen-bond acceptors (Lipinski definition) is 7. The number of rotatable bonds is 9. The Kier molecular flexibility index (Phi) is 9.27. The van der Waals surface area contributed by atoms with Gasteiger partial charge < -0.3 is 14.2 Å². The summed E-state index contributed by atoms with van der Waals surface area (Å²) in [6.45, 7) is 7.83. The molecule has 222 valence electrons. The molecule has 1 atom stereocenters. The van der Waals surface area contributed by atoms with Gasteiger partial charge in [0.1, 0.15) is 23.9 Å². The van der Waals surface area contributed by atoms with E-state index < -0.39 is 12.0 Å². The number of hydrogen-bond donors (Lipinski definition) is 0. The number of thiazole rings is 1. The molecule has 1 aromatic heterocycles. The Morgan fingerprint density at radius 3 is 2.53 bits per heavy atom. The molecule has 1 aliphatic heterocycles. The fourth-order valence-electron chi connectivity index (χ4n) is 4.73. The largest absolute Gasteiger partial charge is 0.494 e. The molecular weight excluding hydrogens is 635 g/mol. The molecule has 0 saturated heterocycles. The number of allylic oxidation sites excluding steroid dienone is 1. The first-order valence-corrected chi connectivity index (χ1v) is 15.4. The van der Waals surface area contributed by atoms with Crippen molar-refractivity contribution in [3.05, 3.63) is 125 Å². The summed E-state index contributed by atoms with van der Waals surface area (Å²) in [6, 6.07) is 18.5. The molecule has 1 aliphatic rings. The van der Waals surface area contributed by atoms with Crippen LogP contribution in [-0.2, 0) is 16.1 Å². The molecule has 0 bridgehead atoms. The van der Waals surface area contributed by atoms with Crippen molar-refractivity contribution in [2.45, 2.75) is 46.4 Å². The Hall–Kier alpha value is -4.02. The van der Waals surface area contributed by atoms with Gasteiger partial charge in [0.15, 0.2) is 4.80 Å². The molecule has 2 heterocycles. The molecule has 0 aliphatic carbocycles. The molecule has 3 aromatic carbocycles. The van der Waals surface area contributed by atoms with Crippen molar-refractivity contribution in [1.29, 1.82) is 0 Å². The summed E-state index contributed by atoms with van der Waals surface area (Å²) in [5, 5.41) is 0. The number of aromatic nitrogens is 1. The molecular formula is C33H30BrFN2O5S. The van der Waals surface area contributed by atoms with Crippen LogP contribution in [0.4, 0.5) is 4.39 Å². The molecule has 0 spiro atoms. The van der Waals surface area contributed by atoms with Crippen LogP contribution in [0.1, 0.15) is 50.4 Å². The maximum Gasteiger partial charge on any atom is 0.338 e. The Bertz CT molecular complexity index is 1880. The molecule has 0 unspecified atom stereocenters. The summed E-state index contributed by atoms with van der Waals surface area (Å²) in [6.07, 6.45) is 1.44. The molecule has 5 rings (SSSR count). The molecule has 0 saturated carbocycles. The minimum absolute atomic E-state index is 0.0791. The van der Waals surface area contributed by atoms with Gasteiger partial charge in [-0.2, -0.15) is 0 Å². The van der Waals surface area contributed by atoms with E-state index in [-0.39, 0.29) is 24.1 Å². The van der Waals surface area contributed by atoms with E-state index in [0.717, 1.165) is 11.1 Å². The van der Waals surface area contributed by atoms with Crippen molar-refractivity contribution >= 4 is 39.3 Å². The van der Waals surface area contributed by atoms with Crippen molar-refractivity contribution in [3.63, 3.8) is 0 Å². The highest BCUT2D eigenvalue weighted by Gasteiger charge is 2.33. The number of ether oxygens (including phenoxy) is 3. The monoisotopic (exact) mass is 664 g/mol. The van der Waals surface area contributed by atoms with Crippen LogP contribution in [0.15, 0.2) is 92.3 Å². The van der Waals surface area contributed by atoms with E-state index in [9.17, 15) is 14.0 Å². The molecule has 0 N–H and O–H groups in total. The smallest absolute Gasteiger partial charge is 0.338 e. The maximum atomic E-state index is 14.0. The van der Waals surface area contributed by atoms with E-state index in [1.165, 1.54) is 17.4 Å². The lowest BCUT2D eigenvalue weighted by molar-refractivity contribution is -0.143. The van der Waals surface area contributed by atoms with Gasteiger partial charge in [-0.25, -0.2) is 14.2 Å². The van der Waals surface area contributed by atoms with Crippen LogP contribution in [0.25, 0.3) is 6.08 Å². The molecule has 43 heavy (non-hydrogen) atoms. The average molecular weight is 666 g/mol. The summed E-state index contributed by atoms with van der Waals surface area (Å²) in [7, 11) is 0. The molecule has 10 heteroatoms. The summed E-state index contributed by atoms with van der Waals surface area (Å²) in [5.41, 5.74) is 2.48. The topological polar surface area (TPSA) is 79.1 Å². The van der Waals surface area contributed by atoms with Crippen molar-refractivity contribution in [2.24, 2.45) is 4.99 Å². The fraction of sp³-hybridized carbons (Fsp3) is 0.242. The van der Waals surface area contributed by atoms with Crippen LogP contribution in [0.2, 0.25) is 0 Å². The summed E-state index contributed by atoms with van der Waals surface area (Å²) in [4.78, 5) is 32.4. The third-order valence-corrected chi connectivity index (χ3v) is 8.29. The zero-order valence-corrected chi connectivity index (χ0v) is 26.5. The second-order valence-corrected chi connectivity index (χ2v) is 12.0. The predicted molar refractivity (Wildman–Crippen MR) is 167 cm³/mol. The van der Waals surface area contributed by atoms with Crippen molar-refractivity contribution < 1.29 is 23.4 Å². The lowest BCUT2D eigenvalue weighted by Gasteiger charge is -2.25. The van der Waals surface area contributed by atoms with E-state index in [4.69, 9.17) is 14.2 Å². The van der Waals surface area contributed by atoms with Crippen LogP contribution in [0.3, 0.4) is 0 Å². The van der Waals surface area contributed by atoms with Gasteiger partial charge in [-0.05, 0) is 91.2 Å². The molecule has 4 aromatic rings. The first kappa shape index (κ1) is 30.4. The minimum atomic E-state index is -0.721. The molecule has 0 fully saturated rings. The number of benzene rings is 3.